The quantitative estimate of drug-likeness (QED) is 0.712. The molecule has 0 fully saturated rings. The molecule has 0 amide bonds. The van der Waals surface area contributed by atoms with E-state index in [1.807, 2.05) is 55.5 Å². The molecule has 0 aliphatic rings. The van der Waals surface area contributed by atoms with Crippen molar-refractivity contribution in [1.82, 2.24) is 4.57 Å². The molecule has 20 heavy (non-hydrogen) atoms. The van der Waals surface area contributed by atoms with E-state index in [1.54, 1.807) is 17.7 Å². The summed E-state index contributed by atoms with van der Waals surface area (Å²) in [6, 6.07) is 17.1. The zero-order valence-electron chi connectivity index (χ0n) is 11.5. The number of hydrogen-bond donors (Lipinski definition) is 0. The second kappa shape index (κ2) is 4.85. The van der Waals surface area contributed by atoms with E-state index in [0.29, 0.717) is 0 Å². The summed E-state index contributed by atoms with van der Waals surface area (Å²) in [6.45, 7) is 1.96. The van der Waals surface area contributed by atoms with Crippen LogP contribution in [0, 0.1) is 6.92 Å². The molecule has 0 aliphatic heterocycles. The van der Waals surface area contributed by atoms with Gasteiger partial charge in [-0.3, -0.25) is 9.36 Å². The monoisotopic (exact) mass is 265 g/mol. The maximum Gasteiger partial charge on any atom is 0.255 e. The molecule has 0 bridgehead atoms. The molecule has 0 saturated carbocycles. The average Bonchev–Trinajstić information content (AvgIpc) is 2.47. The van der Waals surface area contributed by atoms with E-state index in [2.05, 4.69) is 0 Å². The average molecular weight is 265 g/mol. The summed E-state index contributed by atoms with van der Waals surface area (Å²) in [5, 5.41) is 1.08. The number of rotatable bonds is 2. The Kier molecular flexibility index (Phi) is 3.03. The Labute approximate surface area is 117 Å². The van der Waals surface area contributed by atoms with Crippen molar-refractivity contribution in [2.45, 2.75) is 6.92 Å². The van der Waals surface area contributed by atoms with E-state index in [1.165, 1.54) is 0 Å². The topological polar surface area (TPSA) is 31.2 Å². The zero-order chi connectivity index (χ0) is 14.1. The molecule has 0 atom stereocenters. The molecule has 1 aromatic heterocycles. The number of aryl methyl sites for hydroxylation is 1. The first kappa shape index (κ1) is 12.5. The molecule has 2 aromatic carbocycles. The minimum Gasteiger partial charge on any atom is -0.497 e. The van der Waals surface area contributed by atoms with Crippen LogP contribution in [0.15, 0.2) is 59.4 Å². The minimum absolute atomic E-state index is 0.0329. The summed E-state index contributed by atoms with van der Waals surface area (Å²) in [6.07, 6.45) is 0. The lowest BCUT2D eigenvalue weighted by molar-refractivity contribution is 0.414. The van der Waals surface area contributed by atoms with Gasteiger partial charge in [-0.2, -0.15) is 0 Å². The number of pyridine rings is 1. The van der Waals surface area contributed by atoms with E-state index in [9.17, 15) is 4.79 Å². The van der Waals surface area contributed by atoms with Crippen LogP contribution in [-0.2, 0) is 0 Å². The largest absolute Gasteiger partial charge is 0.497 e. The zero-order valence-corrected chi connectivity index (χ0v) is 11.5. The number of benzene rings is 2. The van der Waals surface area contributed by atoms with Crippen molar-refractivity contribution in [3.05, 3.63) is 70.5 Å². The van der Waals surface area contributed by atoms with E-state index >= 15 is 0 Å². The Morgan fingerprint density at radius 3 is 2.60 bits per heavy atom. The van der Waals surface area contributed by atoms with Gasteiger partial charge in [-0.1, -0.05) is 24.3 Å². The van der Waals surface area contributed by atoms with Gasteiger partial charge in [0.1, 0.15) is 5.75 Å². The highest BCUT2D eigenvalue weighted by Gasteiger charge is 2.08. The Morgan fingerprint density at radius 2 is 1.80 bits per heavy atom. The van der Waals surface area contributed by atoms with Crippen LogP contribution in [0.1, 0.15) is 5.56 Å². The Morgan fingerprint density at radius 1 is 1.00 bits per heavy atom. The SMILES string of the molecule is COc1cccc(-n2c(=O)cc(C)c3ccccc32)c1. The van der Waals surface area contributed by atoms with E-state index in [0.717, 1.165) is 27.9 Å². The van der Waals surface area contributed by atoms with Gasteiger partial charge >= 0.3 is 0 Å². The summed E-state index contributed by atoms with van der Waals surface area (Å²) in [5.41, 5.74) is 2.68. The van der Waals surface area contributed by atoms with Crippen molar-refractivity contribution in [2.24, 2.45) is 0 Å². The van der Waals surface area contributed by atoms with Gasteiger partial charge in [0, 0.05) is 17.5 Å². The lowest BCUT2D eigenvalue weighted by atomic mass is 10.1. The molecule has 1 heterocycles. The summed E-state index contributed by atoms with van der Waals surface area (Å²) in [7, 11) is 1.62. The second-order valence-electron chi connectivity index (χ2n) is 4.72. The Bertz CT molecular complexity index is 834. The maximum absolute atomic E-state index is 12.4. The van der Waals surface area contributed by atoms with Crippen molar-refractivity contribution in [2.75, 3.05) is 7.11 Å². The van der Waals surface area contributed by atoms with E-state index in [-0.39, 0.29) is 5.56 Å². The molecule has 100 valence electrons. The number of fused-ring (bicyclic) bond motifs is 1. The Hall–Kier alpha value is -2.55. The lowest BCUT2D eigenvalue weighted by Crippen LogP contribution is -2.18. The molecular weight excluding hydrogens is 250 g/mol. The number of ether oxygens (including phenoxy) is 1. The number of methoxy groups -OCH3 is 1. The smallest absolute Gasteiger partial charge is 0.255 e. The van der Waals surface area contributed by atoms with Gasteiger partial charge in [-0.25, -0.2) is 0 Å². The van der Waals surface area contributed by atoms with Crippen LogP contribution >= 0.6 is 0 Å². The Balaban J connectivity index is 2.38. The second-order valence-corrected chi connectivity index (χ2v) is 4.72. The molecule has 0 radical (unpaired) electrons. The summed E-state index contributed by atoms with van der Waals surface area (Å²) >= 11 is 0. The third-order valence-corrected chi connectivity index (χ3v) is 3.44. The first-order valence-corrected chi connectivity index (χ1v) is 6.46. The number of nitrogens with zero attached hydrogens (tertiary/aromatic N) is 1. The van der Waals surface area contributed by atoms with Crippen LogP contribution < -0.4 is 10.3 Å². The van der Waals surface area contributed by atoms with E-state index in [4.69, 9.17) is 4.74 Å². The molecule has 3 heteroatoms. The van der Waals surface area contributed by atoms with Gasteiger partial charge in [-0.05, 0) is 30.7 Å². The van der Waals surface area contributed by atoms with Crippen molar-refractivity contribution in [3.8, 4) is 11.4 Å². The highest BCUT2D eigenvalue weighted by atomic mass is 16.5. The highest BCUT2D eigenvalue weighted by Crippen LogP contribution is 2.21. The number of hydrogen-bond acceptors (Lipinski definition) is 2. The first-order valence-electron chi connectivity index (χ1n) is 6.46. The van der Waals surface area contributed by atoms with Crippen molar-refractivity contribution >= 4 is 10.9 Å². The van der Waals surface area contributed by atoms with Gasteiger partial charge in [-0.15, -0.1) is 0 Å². The predicted octanol–water partition coefficient (Wildman–Crippen LogP) is 3.31. The summed E-state index contributed by atoms with van der Waals surface area (Å²) < 4.78 is 6.95. The van der Waals surface area contributed by atoms with Crippen LogP contribution in [0.5, 0.6) is 5.75 Å². The van der Waals surface area contributed by atoms with Gasteiger partial charge in [0.2, 0.25) is 0 Å². The normalized spacial score (nSPS) is 10.7. The van der Waals surface area contributed by atoms with Gasteiger partial charge in [0.15, 0.2) is 0 Å². The molecule has 0 aliphatic carbocycles. The van der Waals surface area contributed by atoms with Gasteiger partial charge in [0.05, 0.1) is 18.3 Å². The maximum atomic E-state index is 12.4. The van der Waals surface area contributed by atoms with Crippen LogP contribution in [0.3, 0.4) is 0 Å². The van der Waals surface area contributed by atoms with Gasteiger partial charge in [0.25, 0.3) is 5.56 Å². The molecule has 3 aromatic rings. The fraction of sp³-hybridized carbons (Fsp3) is 0.118. The van der Waals surface area contributed by atoms with E-state index < -0.39 is 0 Å². The van der Waals surface area contributed by atoms with Crippen LogP contribution in [-0.4, -0.2) is 11.7 Å². The number of para-hydroxylation sites is 1. The highest BCUT2D eigenvalue weighted by molar-refractivity contribution is 5.83. The number of aromatic nitrogens is 1. The van der Waals surface area contributed by atoms with Crippen LogP contribution in [0.4, 0.5) is 0 Å². The molecule has 0 unspecified atom stereocenters. The fourth-order valence-corrected chi connectivity index (χ4v) is 2.46. The van der Waals surface area contributed by atoms with Crippen molar-refractivity contribution < 1.29 is 4.74 Å². The molecule has 3 nitrogen and oxygen atoms in total. The van der Waals surface area contributed by atoms with Crippen LogP contribution in [0.2, 0.25) is 0 Å². The van der Waals surface area contributed by atoms with Crippen molar-refractivity contribution in [3.63, 3.8) is 0 Å². The first-order chi connectivity index (χ1) is 9.70. The summed E-state index contributed by atoms with van der Waals surface area (Å²) in [5.74, 6) is 0.735. The van der Waals surface area contributed by atoms with Gasteiger partial charge < -0.3 is 4.74 Å². The van der Waals surface area contributed by atoms with Crippen molar-refractivity contribution in [1.29, 1.82) is 0 Å². The van der Waals surface area contributed by atoms with Crippen LogP contribution in [0.25, 0.3) is 16.6 Å². The minimum atomic E-state index is -0.0329. The third-order valence-electron chi connectivity index (χ3n) is 3.44. The molecule has 0 N–H and O–H groups in total. The predicted molar refractivity (Wildman–Crippen MR) is 80.8 cm³/mol. The molecule has 0 saturated heterocycles. The summed E-state index contributed by atoms with van der Waals surface area (Å²) in [4.78, 5) is 12.4. The molecular formula is C17H15NO2. The molecule has 0 spiro atoms. The molecule has 3 rings (SSSR count). The third kappa shape index (κ3) is 1.97. The standard InChI is InChI=1S/C17H15NO2/c1-12-10-17(19)18(16-9-4-3-8-15(12)16)13-6-5-7-14(11-13)20-2/h3-11H,1-2H3. The lowest BCUT2D eigenvalue weighted by Gasteiger charge is -2.12. The fourth-order valence-electron chi connectivity index (χ4n) is 2.46.